The zero-order chi connectivity index (χ0) is 21.1. The second kappa shape index (κ2) is 9.16. The van der Waals surface area contributed by atoms with E-state index in [0.29, 0.717) is 32.8 Å². The molecule has 30 heavy (non-hydrogen) atoms. The second-order valence-corrected chi connectivity index (χ2v) is 8.32. The van der Waals surface area contributed by atoms with E-state index in [4.69, 9.17) is 9.47 Å². The first-order valence-electron chi connectivity index (χ1n) is 10.5. The van der Waals surface area contributed by atoms with Crippen molar-refractivity contribution < 1.29 is 14.3 Å². The standard InChI is InChI=1S/C22H31N5O3/c1-24(2)15-20-22(18-12-23-25(3)13-18)27(9-11-30-20)21(28)16-26-8-10-29-19-7-5-4-6-17(19)14-26/h4-7,12-13,20,22H,8-11,14-16H2,1-3H3/t20-,22-/m0/s1. The summed E-state index contributed by atoms with van der Waals surface area (Å²) < 4.78 is 13.7. The number of nitrogens with zero attached hydrogens (tertiary/aromatic N) is 5. The number of aromatic nitrogens is 2. The van der Waals surface area contributed by atoms with E-state index in [2.05, 4.69) is 21.0 Å². The monoisotopic (exact) mass is 413 g/mol. The highest BCUT2D eigenvalue weighted by Gasteiger charge is 2.37. The number of para-hydroxylation sites is 1. The number of morpholine rings is 1. The zero-order valence-corrected chi connectivity index (χ0v) is 18.0. The minimum absolute atomic E-state index is 0.0879. The second-order valence-electron chi connectivity index (χ2n) is 8.32. The number of likely N-dealkylation sites (N-methyl/N-ethyl adjacent to an activating group) is 1. The van der Waals surface area contributed by atoms with E-state index in [1.165, 1.54) is 0 Å². The number of benzene rings is 1. The lowest BCUT2D eigenvalue weighted by molar-refractivity contribution is -0.149. The zero-order valence-electron chi connectivity index (χ0n) is 18.0. The molecule has 0 bridgehead atoms. The van der Waals surface area contributed by atoms with Crippen molar-refractivity contribution in [1.82, 2.24) is 24.5 Å². The van der Waals surface area contributed by atoms with Crippen LogP contribution in [0.3, 0.4) is 0 Å². The summed E-state index contributed by atoms with van der Waals surface area (Å²) in [5.74, 6) is 1.04. The highest BCUT2D eigenvalue weighted by molar-refractivity contribution is 5.79. The van der Waals surface area contributed by atoms with E-state index < -0.39 is 0 Å². The summed E-state index contributed by atoms with van der Waals surface area (Å²) in [6.07, 6.45) is 3.74. The Morgan fingerprint density at radius 3 is 2.83 bits per heavy atom. The van der Waals surface area contributed by atoms with Crippen molar-refractivity contribution in [2.75, 3.05) is 53.5 Å². The first-order valence-corrected chi connectivity index (χ1v) is 10.5. The molecule has 0 N–H and O–H groups in total. The molecular weight excluding hydrogens is 382 g/mol. The van der Waals surface area contributed by atoms with E-state index >= 15 is 0 Å². The molecule has 3 heterocycles. The van der Waals surface area contributed by atoms with E-state index in [1.807, 2.05) is 56.6 Å². The van der Waals surface area contributed by atoms with Crippen molar-refractivity contribution in [2.45, 2.75) is 18.7 Å². The number of carbonyl (C=O) groups is 1. The number of amides is 1. The van der Waals surface area contributed by atoms with Gasteiger partial charge in [-0.2, -0.15) is 5.10 Å². The molecule has 0 spiro atoms. The maximum absolute atomic E-state index is 13.5. The molecule has 8 nitrogen and oxygen atoms in total. The number of rotatable bonds is 5. The molecule has 1 aromatic heterocycles. The van der Waals surface area contributed by atoms with Crippen LogP contribution in [0.1, 0.15) is 17.2 Å². The SMILES string of the molecule is CN(C)C[C@@H]1OCCN(C(=O)CN2CCOc3ccccc3C2)[C@H]1c1cnn(C)c1. The van der Waals surface area contributed by atoms with Gasteiger partial charge in [-0.05, 0) is 20.2 Å². The van der Waals surface area contributed by atoms with Crippen molar-refractivity contribution in [1.29, 1.82) is 0 Å². The molecule has 162 valence electrons. The van der Waals surface area contributed by atoms with Crippen LogP contribution in [0.2, 0.25) is 0 Å². The van der Waals surface area contributed by atoms with Gasteiger partial charge in [0.15, 0.2) is 0 Å². The van der Waals surface area contributed by atoms with E-state index in [-0.39, 0.29) is 18.1 Å². The summed E-state index contributed by atoms with van der Waals surface area (Å²) in [4.78, 5) is 19.7. The number of hydrogen-bond acceptors (Lipinski definition) is 6. The fourth-order valence-electron chi connectivity index (χ4n) is 4.31. The quantitative estimate of drug-likeness (QED) is 0.733. The Morgan fingerprint density at radius 2 is 2.07 bits per heavy atom. The van der Waals surface area contributed by atoms with Crippen LogP contribution >= 0.6 is 0 Å². The van der Waals surface area contributed by atoms with E-state index in [9.17, 15) is 4.79 Å². The molecular formula is C22H31N5O3. The smallest absolute Gasteiger partial charge is 0.237 e. The lowest BCUT2D eigenvalue weighted by Gasteiger charge is -2.42. The summed E-state index contributed by atoms with van der Waals surface area (Å²) in [6, 6.07) is 7.92. The highest BCUT2D eigenvalue weighted by atomic mass is 16.5. The van der Waals surface area contributed by atoms with Crippen LogP contribution in [-0.4, -0.2) is 90.0 Å². The summed E-state index contributed by atoms with van der Waals surface area (Å²) >= 11 is 0. The molecule has 2 aliphatic heterocycles. The van der Waals surface area contributed by atoms with Gasteiger partial charge in [-0.1, -0.05) is 18.2 Å². The summed E-state index contributed by atoms with van der Waals surface area (Å²) in [5.41, 5.74) is 2.14. The molecule has 1 amide bonds. The fraction of sp³-hybridized carbons (Fsp3) is 0.545. The van der Waals surface area contributed by atoms with Gasteiger partial charge in [-0.3, -0.25) is 14.4 Å². The fourth-order valence-corrected chi connectivity index (χ4v) is 4.31. The third kappa shape index (κ3) is 4.66. The molecule has 0 saturated carbocycles. The maximum Gasteiger partial charge on any atom is 0.237 e. The Balaban J connectivity index is 1.52. The normalized spacial score (nSPS) is 22.5. The van der Waals surface area contributed by atoms with Gasteiger partial charge in [0.1, 0.15) is 12.4 Å². The van der Waals surface area contributed by atoms with Crippen molar-refractivity contribution in [3.8, 4) is 5.75 Å². The van der Waals surface area contributed by atoms with Crippen LogP contribution in [0.25, 0.3) is 0 Å². The maximum atomic E-state index is 13.5. The Hall–Kier alpha value is -2.42. The average Bonchev–Trinajstić information content (AvgIpc) is 3.03. The number of aryl methyl sites for hydroxylation is 1. The molecule has 0 unspecified atom stereocenters. The average molecular weight is 414 g/mol. The Labute approximate surface area is 177 Å². The molecule has 0 radical (unpaired) electrons. The van der Waals surface area contributed by atoms with Crippen LogP contribution in [0.5, 0.6) is 5.75 Å². The predicted molar refractivity (Wildman–Crippen MR) is 113 cm³/mol. The van der Waals surface area contributed by atoms with Crippen LogP contribution in [0.4, 0.5) is 0 Å². The third-order valence-electron chi connectivity index (χ3n) is 5.67. The highest BCUT2D eigenvalue weighted by Crippen LogP contribution is 2.30. The first-order chi connectivity index (χ1) is 14.5. The van der Waals surface area contributed by atoms with Crippen molar-refractivity contribution >= 4 is 5.91 Å². The molecule has 2 atom stereocenters. The lowest BCUT2D eigenvalue weighted by Crippen LogP contribution is -2.53. The molecule has 2 aromatic rings. The van der Waals surface area contributed by atoms with Gasteiger partial charge in [0.2, 0.25) is 5.91 Å². The van der Waals surface area contributed by atoms with Crippen molar-refractivity contribution in [3.63, 3.8) is 0 Å². The third-order valence-corrected chi connectivity index (χ3v) is 5.67. The number of carbonyl (C=O) groups excluding carboxylic acids is 1. The van der Waals surface area contributed by atoms with Gasteiger partial charge in [0.25, 0.3) is 0 Å². The van der Waals surface area contributed by atoms with Gasteiger partial charge in [-0.15, -0.1) is 0 Å². The molecule has 0 aliphatic carbocycles. The van der Waals surface area contributed by atoms with Crippen LogP contribution in [-0.2, 0) is 23.1 Å². The topological polar surface area (TPSA) is 63.1 Å². The van der Waals surface area contributed by atoms with Gasteiger partial charge >= 0.3 is 0 Å². The summed E-state index contributed by atoms with van der Waals surface area (Å²) in [6.45, 7) is 4.27. The van der Waals surface area contributed by atoms with Gasteiger partial charge in [0.05, 0.1) is 31.5 Å². The molecule has 4 rings (SSSR count). The number of fused-ring (bicyclic) bond motifs is 1. The van der Waals surface area contributed by atoms with Crippen molar-refractivity contribution in [2.24, 2.45) is 7.05 Å². The van der Waals surface area contributed by atoms with Crippen LogP contribution in [0.15, 0.2) is 36.7 Å². The summed E-state index contributed by atoms with van der Waals surface area (Å²) in [5, 5.41) is 4.33. The molecule has 1 fully saturated rings. The van der Waals surface area contributed by atoms with Crippen molar-refractivity contribution in [3.05, 3.63) is 47.8 Å². The Kier molecular flexibility index (Phi) is 6.36. The van der Waals surface area contributed by atoms with E-state index in [1.54, 1.807) is 4.68 Å². The Bertz CT molecular complexity index is 868. The van der Waals surface area contributed by atoms with Gasteiger partial charge < -0.3 is 19.3 Å². The number of ether oxygens (including phenoxy) is 2. The minimum atomic E-state index is -0.141. The Morgan fingerprint density at radius 1 is 1.23 bits per heavy atom. The van der Waals surface area contributed by atoms with Crippen LogP contribution in [0, 0.1) is 0 Å². The minimum Gasteiger partial charge on any atom is -0.492 e. The lowest BCUT2D eigenvalue weighted by atomic mass is 10.00. The van der Waals surface area contributed by atoms with E-state index in [0.717, 1.165) is 30.0 Å². The van der Waals surface area contributed by atoms with Gasteiger partial charge in [0, 0.05) is 50.6 Å². The molecule has 1 saturated heterocycles. The predicted octanol–water partition coefficient (Wildman–Crippen LogP) is 1.14. The first kappa shape index (κ1) is 20.8. The molecule has 1 aromatic carbocycles. The summed E-state index contributed by atoms with van der Waals surface area (Å²) in [7, 11) is 5.95. The largest absolute Gasteiger partial charge is 0.492 e. The van der Waals surface area contributed by atoms with Crippen LogP contribution < -0.4 is 4.74 Å². The molecule has 8 heteroatoms. The number of hydrogen-bond donors (Lipinski definition) is 0. The molecule has 2 aliphatic rings. The van der Waals surface area contributed by atoms with Gasteiger partial charge in [-0.25, -0.2) is 0 Å².